The Bertz CT molecular complexity index is 1180. The van der Waals surface area contributed by atoms with E-state index in [2.05, 4.69) is 130 Å². The molecule has 1 radical (unpaired) electrons. The molecule has 0 heterocycles. The summed E-state index contributed by atoms with van der Waals surface area (Å²) in [6.45, 7) is 22.4. The van der Waals surface area contributed by atoms with E-state index in [-0.39, 0.29) is 58.9 Å². The molecule has 0 saturated heterocycles. The topological polar surface area (TPSA) is 0 Å². The Labute approximate surface area is 305 Å². The third-order valence-corrected chi connectivity index (χ3v) is 11.3. The van der Waals surface area contributed by atoms with Crippen LogP contribution in [0.5, 0.6) is 0 Å². The summed E-state index contributed by atoms with van der Waals surface area (Å²) in [5.74, 6) is 0.560. The molecule has 0 N–H and O–H groups in total. The molecule has 1 aliphatic carbocycles. The Kier molecular flexibility index (Phi) is 22.2. The molecule has 1 atom stereocenters. The smallest absolute Gasteiger partial charge is 1.00 e. The molecule has 0 bridgehead atoms. The Hall–Kier alpha value is -1.06. The minimum atomic E-state index is -1.07. The molecule has 1 aliphatic rings. The Balaban J connectivity index is 0. The van der Waals surface area contributed by atoms with Crippen molar-refractivity contribution in [3.8, 4) is 0 Å². The zero-order valence-corrected chi connectivity index (χ0v) is 33.5. The van der Waals surface area contributed by atoms with Crippen molar-refractivity contribution in [1.82, 2.24) is 0 Å². The summed E-state index contributed by atoms with van der Waals surface area (Å²) < 4.78 is 0. The molecule has 3 aromatic carbocycles. The van der Waals surface area contributed by atoms with Crippen LogP contribution in [0.25, 0.3) is 0 Å². The average molecular weight is 703 g/mol. The van der Waals surface area contributed by atoms with Crippen molar-refractivity contribution >= 4 is 24.4 Å². The minimum Gasteiger partial charge on any atom is -1.00 e. The third-order valence-electron chi connectivity index (χ3n) is 8.71. The maximum Gasteiger partial charge on any atom is 4.00 e. The van der Waals surface area contributed by atoms with E-state index < -0.39 is 8.80 Å². The van der Waals surface area contributed by atoms with Crippen molar-refractivity contribution < 1.29 is 58.9 Å². The number of halogens is 3. The van der Waals surface area contributed by atoms with Crippen LogP contribution in [0.4, 0.5) is 0 Å². The largest absolute Gasteiger partial charge is 4.00 e. The average Bonchev–Trinajstić information content (AvgIpc) is 3.21. The van der Waals surface area contributed by atoms with Crippen LogP contribution in [0.15, 0.2) is 71.3 Å². The summed E-state index contributed by atoms with van der Waals surface area (Å²) in [4.78, 5) is 0. The van der Waals surface area contributed by atoms with Gasteiger partial charge < -0.3 is 37.2 Å². The first kappa shape index (κ1) is 45.1. The first-order chi connectivity index (χ1) is 19.2. The van der Waals surface area contributed by atoms with Gasteiger partial charge in [0.25, 0.3) is 0 Å². The molecule has 1 unspecified atom stereocenters. The maximum absolute atomic E-state index is 3.36. The molecule has 0 nitrogen and oxygen atoms in total. The molecular weight excluding hydrogens is 651 g/mol. The molecule has 0 saturated carbocycles. The van der Waals surface area contributed by atoms with Crippen LogP contribution in [0.1, 0.15) is 103 Å². The fourth-order valence-electron chi connectivity index (χ4n) is 5.61. The van der Waals surface area contributed by atoms with Crippen LogP contribution in [0, 0.1) is 12.0 Å². The van der Waals surface area contributed by atoms with Gasteiger partial charge in [-0.05, 0) is 71.9 Å². The van der Waals surface area contributed by atoms with Crippen molar-refractivity contribution in [2.75, 3.05) is 0 Å². The van der Waals surface area contributed by atoms with Crippen molar-refractivity contribution in [3.05, 3.63) is 111 Å². The van der Waals surface area contributed by atoms with Gasteiger partial charge in [0, 0.05) is 0 Å². The van der Waals surface area contributed by atoms with E-state index in [0.29, 0.717) is 5.92 Å². The predicted molar refractivity (Wildman–Crippen MR) is 180 cm³/mol. The number of aryl methyl sites for hydroxylation is 6. The summed E-state index contributed by atoms with van der Waals surface area (Å²) in [6.07, 6.45) is 9.94. The quantitative estimate of drug-likeness (QED) is 0.158. The fourth-order valence-corrected chi connectivity index (χ4v) is 8.59. The second-order valence-electron chi connectivity index (χ2n) is 11.4. The number of rotatable bonds is 9. The zero-order valence-electron chi connectivity index (χ0n) is 28.7. The number of hydrogen-bond acceptors (Lipinski definition) is 0. The Morgan fingerprint density at radius 1 is 0.500 bits per heavy atom. The third kappa shape index (κ3) is 11.6. The second kappa shape index (κ2) is 21.7. The Morgan fingerprint density at radius 2 is 0.750 bits per heavy atom. The molecule has 5 heteroatoms. The monoisotopic (exact) mass is 701 g/mol. The normalized spacial score (nSPS) is 13.5. The van der Waals surface area contributed by atoms with Gasteiger partial charge in [-0.1, -0.05) is 138 Å². The van der Waals surface area contributed by atoms with Crippen molar-refractivity contribution in [3.63, 3.8) is 0 Å². The second-order valence-corrected chi connectivity index (χ2v) is 13.9. The minimum absolute atomic E-state index is 0. The molecule has 0 amide bonds. The molecule has 0 aromatic heterocycles. The molecule has 237 valence electrons. The van der Waals surface area contributed by atoms with Crippen LogP contribution in [0.3, 0.4) is 0 Å². The molecule has 0 fully saturated rings. The molecule has 3 aromatic rings. The predicted octanol–water partition coefficient (Wildman–Crippen LogP) is -0.691. The van der Waals surface area contributed by atoms with Crippen LogP contribution in [-0.4, -0.2) is 8.80 Å². The van der Waals surface area contributed by atoms with Crippen molar-refractivity contribution in [2.45, 2.75) is 108 Å². The van der Waals surface area contributed by atoms with Gasteiger partial charge in [0.1, 0.15) is 0 Å². The first-order valence-electron chi connectivity index (χ1n) is 15.7. The van der Waals surface area contributed by atoms with E-state index in [9.17, 15) is 0 Å². The zero-order chi connectivity index (χ0) is 29.4. The molecule has 44 heavy (non-hydrogen) atoms. The van der Waals surface area contributed by atoms with Crippen LogP contribution in [0.2, 0.25) is 0 Å². The van der Waals surface area contributed by atoms with E-state index >= 15 is 0 Å². The van der Waals surface area contributed by atoms with Gasteiger partial charge in [-0.2, -0.15) is 11.1 Å². The number of hydrogen-bond donors (Lipinski definition) is 0. The Morgan fingerprint density at radius 3 is 0.886 bits per heavy atom. The SMILES string of the molecule is CC1=[C-]C(C)C(C)=C1C.CCc1cc(CC)cc([Si](c2cc(CC)cc(CC)c2)c2cc(CC)cc(CC)c2)c1.[Cl-].[Cl-].[Cl-].[Ti+4]. The van der Waals surface area contributed by atoms with Crippen LogP contribution < -0.4 is 52.8 Å². The van der Waals surface area contributed by atoms with Crippen molar-refractivity contribution in [2.24, 2.45) is 5.92 Å². The number of benzene rings is 3. The summed E-state index contributed by atoms with van der Waals surface area (Å²) in [5.41, 5.74) is 13.1. The van der Waals surface area contributed by atoms with E-state index in [0.717, 1.165) is 38.5 Å². The summed E-state index contributed by atoms with van der Waals surface area (Å²) in [7, 11) is -1.07. The fraction of sp³-hybridized carbons (Fsp3) is 0.436. The molecule has 0 aliphatic heterocycles. The molecule has 4 rings (SSSR count). The summed E-state index contributed by atoms with van der Waals surface area (Å²) in [5, 5.41) is 4.64. The van der Waals surface area contributed by atoms with Gasteiger partial charge in [-0.15, -0.1) is 6.92 Å². The van der Waals surface area contributed by atoms with Crippen LogP contribution >= 0.6 is 0 Å². The van der Waals surface area contributed by atoms with Crippen LogP contribution in [-0.2, 0) is 60.2 Å². The van der Waals surface area contributed by atoms with E-state index in [1.165, 1.54) is 50.1 Å². The van der Waals surface area contributed by atoms with Gasteiger partial charge in [0.15, 0.2) is 8.80 Å². The standard InChI is InChI=1S/C30H39Si.C9H13.3ClH.Ti/c1-7-22-13-23(8-2)17-28(16-22)31(29-18-24(9-3)14-25(10-4)19-29)30-20-26(11-5)15-27(12-6)21-30;1-6-5-7(2)9(4)8(6)3;;;;/h13-21H,7-12H2,1-6H3;6H,1-4H3;3*1H;/q;-1;;;;+4/p-3. The number of allylic oxidation sites excluding steroid dienone is 4. The van der Waals surface area contributed by atoms with Gasteiger partial charge in [0.2, 0.25) is 0 Å². The van der Waals surface area contributed by atoms with Gasteiger partial charge in [-0.3, -0.25) is 6.08 Å². The van der Waals surface area contributed by atoms with E-state index in [1.807, 2.05) is 0 Å². The van der Waals surface area contributed by atoms with E-state index in [4.69, 9.17) is 0 Å². The van der Waals surface area contributed by atoms with Gasteiger partial charge >= 0.3 is 21.7 Å². The summed E-state index contributed by atoms with van der Waals surface area (Å²) in [6, 6.07) is 22.2. The maximum atomic E-state index is 3.36. The van der Waals surface area contributed by atoms with Gasteiger partial charge in [0.05, 0.1) is 0 Å². The molecule has 0 spiro atoms. The summed E-state index contributed by atoms with van der Waals surface area (Å²) >= 11 is 0. The first-order valence-corrected chi connectivity index (χ1v) is 17.2. The van der Waals surface area contributed by atoms with E-state index in [1.54, 1.807) is 15.6 Å². The molecular formula is C39H52Cl3SiTi. The van der Waals surface area contributed by atoms with Gasteiger partial charge in [-0.25, -0.2) is 5.57 Å². The van der Waals surface area contributed by atoms with Crippen molar-refractivity contribution in [1.29, 1.82) is 0 Å².